The van der Waals surface area contributed by atoms with Gasteiger partial charge in [0, 0.05) is 19.3 Å². The summed E-state index contributed by atoms with van der Waals surface area (Å²) in [6.45, 7) is -0.144. The number of nitrogen functional groups attached to an aromatic ring is 1. The second kappa shape index (κ2) is 4.61. The van der Waals surface area contributed by atoms with Crippen LogP contribution in [0.5, 0.6) is 0 Å². The molecule has 6 heteroatoms. The smallest absolute Gasteiger partial charge is 0.242 e. The molecule has 0 aliphatic carbocycles. The Morgan fingerprint density at radius 2 is 2.13 bits per heavy atom. The summed E-state index contributed by atoms with van der Waals surface area (Å²) in [5, 5.41) is 8.67. The van der Waals surface area contributed by atoms with Gasteiger partial charge in [-0.3, -0.25) is 0 Å². The van der Waals surface area contributed by atoms with Gasteiger partial charge in [-0.1, -0.05) is 6.07 Å². The highest BCUT2D eigenvalue weighted by Gasteiger charge is 2.19. The number of hydrogen-bond acceptors (Lipinski definition) is 4. The van der Waals surface area contributed by atoms with Gasteiger partial charge in [-0.2, -0.15) is 4.31 Å². The first-order valence-electron chi connectivity index (χ1n) is 4.41. The molecule has 3 N–H and O–H groups in total. The molecule has 84 valence electrons. The SMILES string of the molecule is CN(CCO)S(=O)(=O)c1cccc(N)c1. The third-order valence-electron chi connectivity index (χ3n) is 1.98. The molecule has 0 spiro atoms. The van der Waals surface area contributed by atoms with Gasteiger partial charge in [0.15, 0.2) is 0 Å². The molecule has 0 atom stereocenters. The van der Waals surface area contributed by atoms with Gasteiger partial charge in [-0.15, -0.1) is 0 Å². The van der Waals surface area contributed by atoms with Crippen LogP contribution in [0.25, 0.3) is 0 Å². The Balaban J connectivity index is 3.06. The van der Waals surface area contributed by atoms with Crippen LogP contribution >= 0.6 is 0 Å². The van der Waals surface area contributed by atoms with E-state index in [1.54, 1.807) is 12.1 Å². The van der Waals surface area contributed by atoms with E-state index in [1.165, 1.54) is 19.2 Å². The van der Waals surface area contributed by atoms with Crippen LogP contribution in [0.15, 0.2) is 29.2 Å². The molecule has 15 heavy (non-hydrogen) atoms. The van der Waals surface area contributed by atoms with E-state index in [2.05, 4.69) is 0 Å². The monoisotopic (exact) mass is 230 g/mol. The summed E-state index contributed by atoms with van der Waals surface area (Å²) in [7, 11) is -2.12. The highest BCUT2D eigenvalue weighted by molar-refractivity contribution is 7.89. The Morgan fingerprint density at radius 3 is 2.67 bits per heavy atom. The van der Waals surface area contributed by atoms with Crippen LogP contribution in [0.2, 0.25) is 0 Å². The summed E-state index contributed by atoms with van der Waals surface area (Å²) in [6, 6.07) is 6.06. The fraction of sp³-hybridized carbons (Fsp3) is 0.333. The van der Waals surface area contributed by atoms with Crippen LogP contribution < -0.4 is 5.73 Å². The van der Waals surface area contributed by atoms with Crippen LogP contribution in [-0.4, -0.2) is 38.0 Å². The fourth-order valence-corrected chi connectivity index (χ4v) is 2.33. The molecule has 0 aliphatic rings. The Labute approximate surface area is 89.2 Å². The van der Waals surface area contributed by atoms with Crippen LogP contribution in [0.3, 0.4) is 0 Å². The van der Waals surface area contributed by atoms with Crippen molar-refractivity contribution in [3.8, 4) is 0 Å². The molecule has 0 saturated carbocycles. The lowest BCUT2D eigenvalue weighted by Crippen LogP contribution is -2.29. The lowest BCUT2D eigenvalue weighted by Gasteiger charge is -2.15. The molecular weight excluding hydrogens is 216 g/mol. The number of nitrogens with two attached hydrogens (primary N) is 1. The number of aliphatic hydroxyl groups is 1. The number of benzene rings is 1. The van der Waals surface area contributed by atoms with Crippen molar-refractivity contribution in [3.63, 3.8) is 0 Å². The summed E-state index contributed by atoms with van der Waals surface area (Å²) in [6.07, 6.45) is 0. The van der Waals surface area contributed by atoms with E-state index in [4.69, 9.17) is 10.8 Å². The van der Waals surface area contributed by atoms with E-state index in [9.17, 15) is 8.42 Å². The number of anilines is 1. The first kappa shape index (κ1) is 12.0. The molecule has 0 bridgehead atoms. The zero-order valence-electron chi connectivity index (χ0n) is 8.42. The molecule has 0 amide bonds. The second-order valence-electron chi connectivity index (χ2n) is 3.12. The van der Waals surface area contributed by atoms with Gasteiger partial charge >= 0.3 is 0 Å². The highest BCUT2D eigenvalue weighted by Crippen LogP contribution is 2.16. The number of nitrogens with zero attached hydrogens (tertiary/aromatic N) is 1. The molecule has 0 fully saturated rings. The largest absolute Gasteiger partial charge is 0.399 e. The molecular formula is C9H14N2O3S. The van der Waals surface area contributed by atoms with Gasteiger partial charge in [0.2, 0.25) is 10.0 Å². The van der Waals surface area contributed by atoms with Gasteiger partial charge in [-0.25, -0.2) is 8.42 Å². The molecule has 1 aromatic rings. The maximum absolute atomic E-state index is 11.8. The first-order valence-corrected chi connectivity index (χ1v) is 5.85. The highest BCUT2D eigenvalue weighted by atomic mass is 32.2. The maximum atomic E-state index is 11.8. The fourth-order valence-electron chi connectivity index (χ4n) is 1.12. The van der Waals surface area contributed by atoms with Crippen molar-refractivity contribution < 1.29 is 13.5 Å². The molecule has 0 heterocycles. The molecule has 0 aromatic heterocycles. The Bertz CT molecular complexity index is 431. The second-order valence-corrected chi connectivity index (χ2v) is 5.17. The lowest BCUT2D eigenvalue weighted by molar-refractivity contribution is 0.266. The molecule has 1 aromatic carbocycles. The summed E-state index contributed by atoms with van der Waals surface area (Å²) >= 11 is 0. The molecule has 0 radical (unpaired) electrons. The summed E-state index contributed by atoms with van der Waals surface area (Å²) < 4.78 is 24.8. The number of hydrogen-bond donors (Lipinski definition) is 2. The van der Waals surface area contributed by atoms with Gasteiger partial charge < -0.3 is 10.8 Å². The normalized spacial score (nSPS) is 11.9. The third kappa shape index (κ3) is 2.68. The standard InChI is InChI=1S/C9H14N2O3S/c1-11(5-6-12)15(13,14)9-4-2-3-8(10)7-9/h2-4,7,12H,5-6,10H2,1H3. The van der Waals surface area contributed by atoms with E-state index in [0.717, 1.165) is 4.31 Å². The number of rotatable bonds is 4. The minimum absolute atomic E-state index is 0.0666. The van der Waals surface area contributed by atoms with Gasteiger partial charge in [-0.05, 0) is 18.2 Å². The number of aliphatic hydroxyl groups excluding tert-OH is 1. The van der Waals surface area contributed by atoms with E-state index < -0.39 is 10.0 Å². The van der Waals surface area contributed by atoms with Crippen molar-refractivity contribution in [2.24, 2.45) is 0 Å². The zero-order valence-corrected chi connectivity index (χ0v) is 9.24. The average molecular weight is 230 g/mol. The molecule has 1 rings (SSSR count). The topological polar surface area (TPSA) is 83.6 Å². The predicted octanol–water partition coefficient (Wildman–Crippen LogP) is -0.118. The molecule has 0 saturated heterocycles. The first-order chi connectivity index (χ1) is 6.98. The lowest BCUT2D eigenvalue weighted by atomic mass is 10.3. The van der Waals surface area contributed by atoms with Gasteiger partial charge in [0.25, 0.3) is 0 Å². The minimum atomic E-state index is -3.53. The van der Waals surface area contributed by atoms with E-state index >= 15 is 0 Å². The number of likely N-dealkylation sites (N-methyl/N-ethyl adjacent to an activating group) is 1. The van der Waals surface area contributed by atoms with Crippen molar-refractivity contribution in [1.82, 2.24) is 4.31 Å². The van der Waals surface area contributed by atoms with E-state index in [1.807, 2.05) is 0 Å². The zero-order chi connectivity index (χ0) is 11.5. The minimum Gasteiger partial charge on any atom is -0.399 e. The summed E-state index contributed by atoms with van der Waals surface area (Å²) in [5.74, 6) is 0. The van der Waals surface area contributed by atoms with Crippen LogP contribution in [0, 0.1) is 0 Å². The van der Waals surface area contributed by atoms with Crippen molar-refractivity contribution in [3.05, 3.63) is 24.3 Å². The molecule has 5 nitrogen and oxygen atoms in total. The Hall–Kier alpha value is -1.11. The average Bonchev–Trinajstić information content (AvgIpc) is 2.18. The van der Waals surface area contributed by atoms with Crippen molar-refractivity contribution >= 4 is 15.7 Å². The quantitative estimate of drug-likeness (QED) is 0.706. The molecule has 0 unspecified atom stereocenters. The van der Waals surface area contributed by atoms with Crippen LogP contribution in [0.1, 0.15) is 0 Å². The summed E-state index contributed by atoms with van der Waals surface area (Å²) in [4.78, 5) is 0.137. The van der Waals surface area contributed by atoms with Crippen molar-refractivity contribution in [1.29, 1.82) is 0 Å². The van der Waals surface area contributed by atoms with Gasteiger partial charge in [0.1, 0.15) is 0 Å². The van der Waals surface area contributed by atoms with Crippen molar-refractivity contribution in [2.45, 2.75) is 4.90 Å². The molecule has 0 aliphatic heterocycles. The third-order valence-corrected chi connectivity index (χ3v) is 3.83. The maximum Gasteiger partial charge on any atom is 0.242 e. The van der Waals surface area contributed by atoms with Crippen LogP contribution in [0.4, 0.5) is 5.69 Å². The van der Waals surface area contributed by atoms with E-state index in [-0.39, 0.29) is 18.0 Å². The predicted molar refractivity (Wildman–Crippen MR) is 57.8 cm³/mol. The summed E-state index contributed by atoms with van der Waals surface area (Å²) in [5.41, 5.74) is 5.89. The van der Waals surface area contributed by atoms with Crippen LogP contribution in [-0.2, 0) is 10.0 Å². The Morgan fingerprint density at radius 1 is 1.47 bits per heavy atom. The van der Waals surface area contributed by atoms with Crippen molar-refractivity contribution in [2.75, 3.05) is 25.9 Å². The number of sulfonamides is 1. The Kier molecular flexibility index (Phi) is 3.67. The van der Waals surface area contributed by atoms with Gasteiger partial charge in [0.05, 0.1) is 11.5 Å². The van der Waals surface area contributed by atoms with E-state index in [0.29, 0.717) is 5.69 Å².